The molecule has 0 atom stereocenters. The van der Waals surface area contributed by atoms with E-state index in [9.17, 15) is 0 Å². The second kappa shape index (κ2) is 1.34. The van der Waals surface area contributed by atoms with E-state index in [1.807, 2.05) is 0 Å². The van der Waals surface area contributed by atoms with Crippen molar-refractivity contribution in [3.05, 3.63) is 18.2 Å². The van der Waals surface area contributed by atoms with E-state index in [-0.39, 0.29) is 5.76 Å². The lowest BCUT2D eigenvalue weighted by molar-refractivity contribution is 0.507. The van der Waals surface area contributed by atoms with Crippen molar-refractivity contribution in [3.63, 3.8) is 0 Å². The van der Waals surface area contributed by atoms with Gasteiger partial charge >= 0.3 is 0 Å². The maximum Gasteiger partial charge on any atom is 0.193 e. The van der Waals surface area contributed by atoms with Crippen LogP contribution in [-0.4, -0.2) is 19.9 Å². The second-order valence-corrected chi connectivity index (χ2v) is 1.86. The minimum absolute atomic E-state index is 0.229. The minimum atomic E-state index is 0.229. The Morgan fingerprint density at radius 2 is 2.56 bits per heavy atom. The molecule has 9 heavy (non-hydrogen) atoms. The summed E-state index contributed by atoms with van der Waals surface area (Å²) in [5, 5.41) is 12.8. The lowest BCUT2D eigenvalue weighted by atomic mass is 10.5. The van der Waals surface area contributed by atoms with Gasteiger partial charge in [-0.1, -0.05) is 0 Å². The third-order valence-corrected chi connectivity index (χ3v) is 1.30. The third kappa shape index (κ3) is 0.468. The number of aliphatic hydroxyl groups excluding tert-OH is 1. The van der Waals surface area contributed by atoms with Crippen LogP contribution in [0.2, 0.25) is 0 Å². The molecule has 0 unspecified atom stereocenters. The lowest BCUT2D eigenvalue weighted by Gasteiger charge is -1.88. The first-order chi connectivity index (χ1) is 4.38. The molecule has 0 radical (unpaired) electrons. The highest BCUT2D eigenvalue weighted by molar-refractivity contribution is 5.53. The Morgan fingerprint density at radius 3 is 3.33 bits per heavy atom. The zero-order chi connectivity index (χ0) is 6.27. The molecule has 4 heteroatoms. The highest BCUT2D eigenvalue weighted by atomic mass is 16.3. The van der Waals surface area contributed by atoms with Gasteiger partial charge in [0, 0.05) is 0 Å². The van der Waals surface area contributed by atoms with Crippen molar-refractivity contribution < 1.29 is 5.11 Å². The molecule has 4 nitrogen and oxygen atoms in total. The van der Waals surface area contributed by atoms with Gasteiger partial charge < -0.3 is 5.11 Å². The van der Waals surface area contributed by atoms with E-state index < -0.39 is 0 Å². The van der Waals surface area contributed by atoms with Gasteiger partial charge in [-0.15, -0.1) is 0 Å². The van der Waals surface area contributed by atoms with E-state index in [4.69, 9.17) is 5.11 Å². The molecular weight excluding hydrogens is 118 g/mol. The van der Waals surface area contributed by atoms with E-state index in [1.165, 1.54) is 6.33 Å². The fraction of sp³-hybridized carbons (Fsp3) is 0.200. The van der Waals surface area contributed by atoms with Crippen LogP contribution in [0.4, 0.5) is 0 Å². The summed E-state index contributed by atoms with van der Waals surface area (Å²) in [6.07, 6.45) is 3.11. The van der Waals surface area contributed by atoms with Crippen LogP contribution >= 0.6 is 0 Å². The Bertz CT molecular complexity index is 263. The molecular formula is C5H5N3O. The fourth-order valence-electron chi connectivity index (χ4n) is 0.860. The summed E-state index contributed by atoms with van der Waals surface area (Å²) in [6, 6.07) is 0. The maximum absolute atomic E-state index is 9.01. The third-order valence-electron chi connectivity index (χ3n) is 1.30. The SMILES string of the molecule is OC1=CCn2ncnc21. The summed E-state index contributed by atoms with van der Waals surface area (Å²) in [4.78, 5) is 3.81. The minimum Gasteiger partial charge on any atom is -0.504 e. The molecule has 0 spiro atoms. The molecule has 1 N–H and O–H groups in total. The summed E-state index contributed by atoms with van der Waals surface area (Å²) in [5.41, 5.74) is 0. The Hall–Kier alpha value is -1.32. The number of fused-ring (bicyclic) bond motifs is 1. The number of allylic oxidation sites excluding steroid dienone is 1. The molecule has 0 saturated heterocycles. The van der Waals surface area contributed by atoms with Crippen LogP contribution in [0.15, 0.2) is 12.4 Å². The summed E-state index contributed by atoms with van der Waals surface area (Å²) in [7, 11) is 0. The number of aromatic nitrogens is 3. The van der Waals surface area contributed by atoms with Crippen LogP contribution in [0.5, 0.6) is 0 Å². The van der Waals surface area contributed by atoms with Crippen LogP contribution in [0.1, 0.15) is 5.82 Å². The molecule has 2 rings (SSSR count). The average molecular weight is 123 g/mol. The zero-order valence-electron chi connectivity index (χ0n) is 4.65. The van der Waals surface area contributed by atoms with Crippen LogP contribution in [-0.2, 0) is 6.54 Å². The van der Waals surface area contributed by atoms with Crippen molar-refractivity contribution in [3.8, 4) is 0 Å². The van der Waals surface area contributed by atoms with Crippen LogP contribution in [0.25, 0.3) is 5.76 Å². The van der Waals surface area contributed by atoms with E-state index in [2.05, 4.69) is 10.1 Å². The molecule has 0 amide bonds. The molecule has 0 saturated carbocycles. The van der Waals surface area contributed by atoms with Crippen molar-refractivity contribution in [1.29, 1.82) is 0 Å². The first kappa shape index (κ1) is 4.55. The number of hydrogen-bond donors (Lipinski definition) is 1. The standard InChI is InChI=1S/C5H5N3O/c9-4-1-2-8-5(4)6-3-7-8/h1,3,9H,2H2. The van der Waals surface area contributed by atoms with Crippen LogP contribution < -0.4 is 0 Å². The predicted molar refractivity (Wildman–Crippen MR) is 30.6 cm³/mol. The first-order valence-electron chi connectivity index (χ1n) is 2.65. The van der Waals surface area contributed by atoms with Gasteiger partial charge in [-0.2, -0.15) is 5.10 Å². The summed E-state index contributed by atoms with van der Waals surface area (Å²) in [5.74, 6) is 0.794. The first-order valence-corrected chi connectivity index (χ1v) is 2.65. The Kier molecular flexibility index (Phi) is 0.677. The topological polar surface area (TPSA) is 50.9 Å². The molecule has 1 aromatic heterocycles. The van der Waals surface area contributed by atoms with Gasteiger partial charge in [0.2, 0.25) is 0 Å². The fourth-order valence-corrected chi connectivity index (χ4v) is 0.860. The van der Waals surface area contributed by atoms with Gasteiger partial charge in [-0.05, 0) is 6.08 Å². The summed E-state index contributed by atoms with van der Waals surface area (Å²) >= 11 is 0. The monoisotopic (exact) mass is 123 g/mol. The molecule has 0 aromatic carbocycles. The smallest absolute Gasteiger partial charge is 0.193 e. The van der Waals surface area contributed by atoms with E-state index in [0.717, 1.165) is 0 Å². The highest BCUT2D eigenvalue weighted by Gasteiger charge is 2.13. The lowest BCUT2D eigenvalue weighted by Crippen LogP contribution is -1.94. The zero-order valence-corrected chi connectivity index (χ0v) is 4.65. The Morgan fingerprint density at radius 1 is 1.67 bits per heavy atom. The quantitative estimate of drug-likeness (QED) is 0.535. The molecule has 46 valence electrons. The van der Waals surface area contributed by atoms with E-state index in [0.29, 0.717) is 12.4 Å². The molecule has 0 aliphatic carbocycles. The molecule has 1 aliphatic rings. The molecule has 1 aliphatic heterocycles. The van der Waals surface area contributed by atoms with Gasteiger partial charge in [-0.25, -0.2) is 9.67 Å². The molecule has 1 aromatic rings. The Labute approximate surface area is 51.5 Å². The molecule has 0 fully saturated rings. The second-order valence-electron chi connectivity index (χ2n) is 1.86. The van der Waals surface area contributed by atoms with Crippen molar-refractivity contribution in [2.24, 2.45) is 0 Å². The number of rotatable bonds is 0. The summed E-state index contributed by atoms with van der Waals surface area (Å²) < 4.78 is 1.63. The van der Waals surface area contributed by atoms with Crippen LogP contribution in [0.3, 0.4) is 0 Å². The van der Waals surface area contributed by atoms with Gasteiger partial charge in [0.1, 0.15) is 6.33 Å². The van der Waals surface area contributed by atoms with Crippen molar-refractivity contribution in [2.75, 3.05) is 0 Å². The Balaban J connectivity index is 2.62. The van der Waals surface area contributed by atoms with E-state index >= 15 is 0 Å². The highest BCUT2D eigenvalue weighted by Crippen LogP contribution is 2.13. The normalized spacial score (nSPS) is 15.3. The van der Waals surface area contributed by atoms with Gasteiger partial charge in [0.15, 0.2) is 11.6 Å². The molecule has 0 bridgehead atoms. The van der Waals surface area contributed by atoms with Gasteiger partial charge in [-0.3, -0.25) is 0 Å². The largest absolute Gasteiger partial charge is 0.504 e. The van der Waals surface area contributed by atoms with Crippen LogP contribution in [0, 0.1) is 0 Å². The van der Waals surface area contributed by atoms with Crippen molar-refractivity contribution >= 4 is 5.76 Å². The summed E-state index contributed by atoms with van der Waals surface area (Å²) in [6.45, 7) is 0.640. The van der Waals surface area contributed by atoms with Gasteiger partial charge in [0.25, 0.3) is 0 Å². The average Bonchev–Trinajstić information content (AvgIpc) is 2.35. The van der Waals surface area contributed by atoms with Crippen molar-refractivity contribution in [2.45, 2.75) is 6.54 Å². The van der Waals surface area contributed by atoms with E-state index in [1.54, 1.807) is 10.8 Å². The number of aliphatic hydroxyl groups is 1. The number of nitrogens with zero attached hydrogens (tertiary/aromatic N) is 3. The number of hydrogen-bond acceptors (Lipinski definition) is 3. The maximum atomic E-state index is 9.01. The molecule has 2 heterocycles. The van der Waals surface area contributed by atoms with Crippen molar-refractivity contribution in [1.82, 2.24) is 14.8 Å². The van der Waals surface area contributed by atoms with Gasteiger partial charge in [0.05, 0.1) is 6.54 Å². The predicted octanol–water partition coefficient (Wildman–Crippen LogP) is 0.191.